The van der Waals surface area contributed by atoms with Gasteiger partial charge in [-0.3, -0.25) is 4.79 Å². The van der Waals surface area contributed by atoms with Gasteiger partial charge in [0.25, 0.3) is 0 Å². The summed E-state index contributed by atoms with van der Waals surface area (Å²) in [7, 11) is 0. The van der Waals surface area contributed by atoms with Crippen molar-refractivity contribution < 1.29 is 4.79 Å². The monoisotopic (exact) mass is 298 g/mol. The van der Waals surface area contributed by atoms with Gasteiger partial charge < -0.3 is 10.6 Å². The molecule has 1 aromatic rings. The highest BCUT2D eigenvalue weighted by atomic mass is 35.5. The molecule has 1 amide bonds. The zero-order chi connectivity index (χ0) is 13.4. The minimum Gasteiger partial charge on any atom is -0.342 e. The first-order valence-corrected chi connectivity index (χ1v) is 8.10. The minimum absolute atomic E-state index is 0.270. The number of carbonyl (C=O) groups is 1. The van der Waals surface area contributed by atoms with Gasteiger partial charge in [-0.05, 0) is 43.2 Å². The van der Waals surface area contributed by atoms with Gasteiger partial charge in [-0.2, -0.15) is 0 Å². The van der Waals surface area contributed by atoms with Crippen molar-refractivity contribution in [2.45, 2.75) is 31.7 Å². The molecule has 3 unspecified atom stereocenters. The molecule has 0 spiro atoms. The third-order valence-electron chi connectivity index (χ3n) is 4.48. The third-order valence-corrected chi connectivity index (χ3v) is 5.77. The van der Waals surface area contributed by atoms with Crippen LogP contribution in [0.1, 0.15) is 24.1 Å². The number of aryl methyl sites for hydroxylation is 1. The molecule has 104 valence electrons. The Bertz CT molecular complexity index is 476. The molecule has 0 radical (unpaired) electrons. The summed E-state index contributed by atoms with van der Waals surface area (Å²) in [6.45, 7) is 1.79. The molecule has 5 heteroatoms. The highest BCUT2D eigenvalue weighted by molar-refractivity contribution is 7.16. The van der Waals surface area contributed by atoms with E-state index in [1.165, 1.54) is 11.3 Å². The number of halogens is 1. The van der Waals surface area contributed by atoms with E-state index in [-0.39, 0.29) is 5.91 Å². The van der Waals surface area contributed by atoms with E-state index in [1.807, 2.05) is 17.0 Å². The molecular weight excluding hydrogens is 280 g/mol. The second-order valence-corrected chi connectivity index (χ2v) is 7.47. The molecule has 2 N–H and O–H groups in total. The van der Waals surface area contributed by atoms with Crippen LogP contribution in [-0.2, 0) is 11.2 Å². The van der Waals surface area contributed by atoms with E-state index in [0.717, 1.165) is 30.3 Å². The van der Waals surface area contributed by atoms with Crippen molar-refractivity contribution in [1.82, 2.24) is 4.90 Å². The highest BCUT2D eigenvalue weighted by Gasteiger charge is 2.42. The average Bonchev–Trinajstić information content (AvgIpc) is 3.05. The van der Waals surface area contributed by atoms with Crippen LogP contribution in [-0.4, -0.2) is 29.9 Å². The molecule has 1 aliphatic heterocycles. The van der Waals surface area contributed by atoms with E-state index in [4.69, 9.17) is 17.3 Å². The fourth-order valence-corrected chi connectivity index (χ4v) is 4.47. The number of rotatable bonds is 3. The predicted molar refractivity (Wildman–Crippen MR) is 78.4 cm³/mol. The van der Waals surface area contributed by atoms with E-state index in [9.17, 15) is 4.79 Å². The summed E-state index contributed by atoms with van der Waals surface area (Å²) in [5.41, 5.74) is 6.10. The first-order valence-electron chi connectivity index (χ1n) is 6.91. The van der Waals surface area contributed by atoms with Gasteiger partial charge in [0.1, 0.15) is 0 Å². The number of nitrogens with zero attached hydrogens (tertiary/aromatic N) is 1. The van der Waals surface area contributed by atoms with Crippen molar-refractivity contribution in [3.63, 3.8) is 0 Å². The van der Waals surface area contributed by atoms with Gasteiger partial charge in [-0.25, -0.2) is 0 Å². The van der Waals surface area contributed by atoms with Gasteiger partial charge in [0, 0.05) is 30.4 Å². The molecule has 3 atom stereocenters. The van der Waals surface area contributed by atoms with Crippen molar-refractivity contribution in [3.05, 3.63) is 21.3 Å². The number of hydrogen-bond donors (Lipinski definition) is 1. The van der Waals surface area contributed by atoms with Crippen LogP contribution in [0.5, 0.6) is 0 Å². The number of hydrogen-bond acceptors (Lipinski definition) is 3. The molecule has 1 saturated heterocycles. The molecule has 1 aliphatic carbocycles. The van der Waals surface area contributed by atoms with E-state index in [0.29, 0.717) is 24.3 Å². The number of nitrogens with two attached hydrogens (primary N) is 1. The lowest BCUT2D eigenvalue weighted by atomic mass is 9.98. The Labute approximate surface area is 122 Å². The minimum atomic E-state index is 0.270. The van der Waals surface area contributed by atoms with Crippen LogP contribution in [0.15, 0.2) is 12.1 Å². The number of fused-ring (bicyclic) bond motifs is 1. The Kier molecular flexibility index (Phi) is 3.83. The smallest absolute Gasteiger partial charge is 0.222 e. The number of amides is 1. The summed E-state index contributed by atoms with van der Waals surface area (Å²) in [5.74, 6) is 1.46. The highest BCUT2D eigenvalue weighted by Crippen LogP contribution is 2.37. The summed E-state index contributed by atoms with van der Waals surface area (Å²) in [6.07, 6.45) is 3.71. The summed E-state index contributed by atoms with van der Waals surface area (Å²) in [5, 5.41) is 0. The standard InChI is InChI=1S/C14H19ClN2OS/c15-13-5-2-10(19-13)3-6-14(18)17-7-9-1-4-12(16)11(9)8-17/h2,5,9,11-12H,1,3-4,6-8,16H2. The molecule has 2 aliphatic rings. The zero-order valence-corrected chi connectivity index (χ0v) is 12.4. The zero-order valence-electron chi connectivity index (χ0n) is 10.8. The van der Waals surface area contributed by atoms with Gasteiger partial charge in [0.05, 0.1) is 4.34 Å². The maximum absolute atomic E-state index is 12.2. The molecule has 3 rings (SSSR count). The van der Waals surface area contributed by atoms with Gasteiger partial charge in [0.2, 0.25) is 5.91 Å². The summed E-state index contributed by atoms with van der Waals surface area (Å²) < 4.78 is 0.795. The SMILES string of the molecule is NC1CCC2CN(C(=O)CCc3ccc(Cl)s3)CC12. The third kappa shape index (κ3) is 2.81. The Morgan fingerprint density at radius 3 is 2.95 bits per heavy atom. The van der Waals surface area contributed by atoms with Crippen LogP contribution < -0.4 is 5.73 Å². The van der Waals surface area contributed by atoms with Crippen LogP contribution >= 0.6 is 22.9 Å². The molecule has 0 aromatic carbocycles. The molecule has 2 fully saturated rings. The lowest BCUT2D eigenvalue weighted by molar-refractivity contribution is -0.130. The van der Waals surface area contributed by atoms with Crippen molar-refractivity contribution in [1.29, 1.82) is 0 Å². The van der Waals surface area contributed by atoms with Crippen LogP contribution in [0.25, 0.3) is 0 Å². The van der Waals surface area contributed by atoms with Crippen molar-refractivity contribution in [3.8, 4) is 0 Å². The summed E-state index contributed by atoms with van der Waals surface area (Å²) >= 11 is 7.46. The number of thiophene rings is 1. The number of likely N-dealkylation sites (tertiary alicyclic amines) is 1. The Morgan fingerprint density at radius 2 is 2.26 bits per heavy atom. The molecule has 0 bridgehead atoms. The Morgan fingerprint density at radius 1 is 1.42 bits per heavy atom. The number of carbonyl (C=O) groups excluding carboxylic acids is 1. The fraction of sp³-hybridized carbons (Fsp3) is 0.643. The largest absolute Gasteiger partial charge is 0.342 e. The van der Waals surface area contributed by atoms with Crippen molar-refractivity contribution in [2.24, 2.45) is 17.6 Å². The maximum atomic E-state index is 12.2. The van der Waals surface area contributed by atoms with Crippen LogP contribution in [0.2, 0.25) is 4.34 Å². The topological polar surface area (TPSA) is 46.3 Å². The average molecular weight is 299 g/mol. The van der Waals surface area contributed by atoms with Crippen LogP contribution in [0.3, 0.4) is 0 Å². The lowest BCUT2D eigenvalue weighted by Crippen LogP contribution is -2.33. The Balaban J connectivity index is 1.52. The quantitative estimate of drug-likeness (QED) is 0.932. The molecule has 19 heavy (non-hydrogen) atoms. The van der Waals surface area contributed by atoms with Gasteiger partial charge in [-0.1, -0.05) is 11.6 Å². The first-order chi connectivity index (χ1) is 9.13. The molecule has 1 saturated carbocycles. The van der Waals surface area contributed by atoms with E-state index >= 15 is 0 Å². The summed E-state index contributed by atoms with van der Waals surface area (Å²) in [6, 6.07) is 4.21. The maximum Gasteiger partial charge on any atom is 0.222 e. The molecule has 1 aromatic heterocycles. The van der Waals surface area contributed by atoms with E-state index in [2.05, 4.69) is 0 Å². The van der Waals surface area contributed by atoms with Gasteiger partial charge in [-0.15, -0.1) is 11.3 Å². The molecular formula is C14H19ClN2OS. The van der Waals surface area contributed by atoms with Crippen LogP contribution in [0.4, 0.5) is 0 Å². The molecule has 2 heterocycles. The summed E-state index contributed by atoms with van der Waals surface area (Å²) in [4.78, 5) is 15.4. The second kappa shape index (κ2) is 5.43. The second-order valence-electron chi connectivity index (χ2n) is 5.67. The van der Waals surface area contributed by atoms with Crippen molar-refractivity contribution in [2.75, 3.05) is 13.1 Å². The Hall–Kier alpha value is -0.580. The lowest BCUT2D eigenvalue weighted by Gasteiger charge is -2.18. The fourth-order valence-electron chi connectivity index (χ4n) is 3.39. The normalized spacial score (nSPS) is 29.8. The van der Waals surface area contributed by atoms with E-state index in [1.54, 1.807) is 11.3 Å². The van der Waals surface area contributed by atoms with E-state index < -0.39 is 0 Å². The first kappa shape index (κ1) is 13.4. The van der Waals surface area contributed by atoms with Gasteiger partial charge >= 0.3 is 0 Å². The van der Waals surface area contributed by atoms with Gasteiger partial charge in [0.15, 0.2) is 0 Å². The van der Waals surface area contributed by atoms with Crippen molar-refractivity contribution >= 4 is 28.8 Å². The van der Waals surface area contributed by atoms with Crippen LogP contribution in [0, 0.1) is 11.8 Å². The molecule has 3 nitrogen and oxygen atoms in total. The predicted octanol–water partition coefficient (Wildman–Crippen LogP) is 2.53.